The number of hydrogen-bond donors (Lipinski definition) is 2. The number of aryl methyl sites for hydroxylation is 1. The van der Waals surface area contributed by atoms with E-state index in [1.54, 1.807) is 6.07 Å². The van der Waals surface area contributed by atoms with Gasteiger partial charge in [0, 0.05) is 28.5 Å². The number of rotatable bonds is 3. The highest BCUT2D eigenvalue weighted by Gasteiger charge is 2.07. The molecule has 0 fully saturated rings. The molecule has 0 aliphatic carbocycles. The molecule has 0 aromatic heterocycles. The molecule has 0 unspecified atom stereocenters. The first-order valence-corrected chi connectivity index (χ1v) is 6.75. The van der Waals surface area contributed by atoms with E-state index < -0.39 is 0 Å². The molecule has 98 valence electrons. The highest BCUT2D eigenvalue weighted by Crippen LogP contribution is 2.21. The van der Waals surface area contributed by atoms with E-state index in [0.29, 0.717) is 5.56 Å². The van der Waals surface area contributed by atoms with Crippen LogP contribution in [0.25, 0.3) is 0 Å². The van der Waals surface area contributed by atoms with Crippen molar-refractivity contribution < 1.29 is 4.79 Å². The van der Waals surface area contributed by atoms with Crippen LogP contribution in [-0.4, -0.2) is 13.0 Å². The van der Waals surface area contributed by atoms with E-state index in [1.807, 2.05) is 50.4 Å². The molecular formula is C15H15BrN2O. The monoisotopic (exact) mass is 318 g/mol. The van der Waals surface area contributed by atoms with Gasteiger partial charge in [-0.25, -0.2) is 0 Å². The Bertz CT molecular complexity index is 611. The molecule has 19 heavy (non-hydrogen) atoms. The molecule has 2 aromatic carbocycles. The predicted octanol–water partition coefficient (Wildman–Crippen LogP) is 4.05. The van der Waals surface area contributed by atoms with Crippen molar-refractivity contribution in [2.24, 2.45) is 0 Å². The molecule has 0 spiro atoms. The molecule has 4 heteroatoms. The van der Waals surface area contributed by atoms with Gasteiger partial charge in [-0.05, 0) is 42.8 Å². The Balaban J connectivity index is 2.18. The standard InChI is InChI=1S/C15H15BrN2O/c1-10-6-7-13(9-14(10)16)18-15(19)11-4-3-5-12(8-11)17-2/h3-9,17H,1-2H3,(H,18,19). The molecule has 0 aliphatic rings. The lowest BCUT2D eigenvalue weighted by Crippen LogP contribution is -2.12. The fourth-order valence-electron chi connectivity index (χ4n) is 1.69. The van der Waals surface area contributed by atoms with Crippen molar-refractivity contribution >= 4 is 33.2 Å². The minimum absolute atomic E-state index is 0.118. The van der Waals surface area contributed by atoms with Crippen molar-refractivity contribution in [3.05, 3.63) is 58.1 Å². The highest BCUT2D eigenvalue weighted by molar-refractivity contribution is 9.10. The van der Waals surface area contributed by atoms with Gasteiger partial charge in [-0.1, -0.05) is 28.1 Å². The van der Waals surface area contributed by atoms with Gasteiger partial charge >= 0.3 is 0 Å². The van der Waals surface area contributed by atoms with Crippen molar-refractivity contribution in [1.82, 2.24) is 0 Å². The van der Waals surface area contributed by atoms with Crippen LogP contribution in [0.2, 0.25) is 0 Å². The third-order valence-electron chi connectivity index (χ3n) is 2.84. The maximum absolute atomic E-state index is 12.1. The van der Waals surface area contributed by atoms with Crippen molar-refractivity contribution in [2.75, 3.05) is 17.7 Å². The van der Waals surface area contributed by atoms with E-state index in [1.165, 1.54) is 0 Å². The van der Waals surface area contributed by atoms with E-state index in [9.17, 15) is 4.79 Å². The quantitative estimate of drug-likeness (QED) is 0.896. The molecule has 2 rings (SSSR count). The Morgan fingerprint density at radius 2 is 1.89 bits per heavy atom. The number of benzene rings is 2. The second-order valence-corrected chi connectivity index (χ2v) is 5.10. The molecule has 3 nitrogen and oxygen atoms in total. The Morgan fingerprint density at radius 3 is 2.58 bits per heavy atom. The van der Waals surface area contributed by atoms with E-state index in [0.717, 1.165) is 21.4 Å². The third-order valence-corrected chi connectivity index (χ3v) is 3.70. The molecule has 0 aliphatic heterocycles. The Hall–Kier alpha value is -1.81. The van der Waals surface area contributed by atoms with Crippen LogP contribution in [0.4, 0.5) is 11.4 Å². The summed E-state index contributed by atoms with van der Waals surface area (Å²) < 4.78 is 0.981. The van der Waals surface area contributed by atoms with Gasteiger partial charge < -0.3 is 10.6 Å². The van der Waals surface area contributed by atoms with Crippen molar-refractivity contribution in [2.45, 2.75) is 6.92 Å². The summed E-state index contributed by atoms with van der Waals surface area (Å²) in [4.78, 5) is 12.1. The Kier molecular flexibility index (Phi) is 4.22. The van der Waals surface area contributed by atoms with Crippen LogP contribution < -0.4 is 10.6 Å². The van der Waals surface area contributed by atoms with Crippen LogP contribution in [0, 0.1) is 6.92 Å². The molecule has 1 amide bonds. The molecule has 2 N–H and O–H groups in total. The van der Waals surface area contributed by atoms with Crippen LogP contribution in [0.15, 0.2) is 46.9 Å². The second kappa shape index (κ2) is 5.89. The third kappa shape index (κ3) is 3.35. The molecule has 0 atom stereocenters. The maximum Gasteiger partial charge on any atom is 0.255 e. The second-order valence-electron chi connectivity index (χ2n) is 4.25. The number of hydrogen-bond acceptors (Lipinski definition) is 2. The smallest absolute Gasteiger partial charge is 0.255 e. The molecule has 2 aromatic rings. The average molecular weight is 319 g/mol. The molecule has 0 saturated carbocycles. The Morgan fingerprint density at radius 1 is 1.11 bits per heavy atom. The lowest BCUT2D eigenvalue weighted by Gasteiger charge is -2.08. The van der Waals surface area contributed by atoms with Gasteiger partial charge in [-0.3, -0.25) is 4.79 Å². The summed E-state index contributed by atoms with van der Waals surface area (Å²) in [5.74, 6) is -0.118. The van der Waals surface area contributed by atoms with Gasteiger partial charge in [0.2, 0.25) is 0 Å². The average Bonchev–Trinajstić information content (AvgIpc) is 2.43. The fourth-order valence-corrected chi connectivity index (χ4v) is 2.07. The zero-order chi connectivity index (χ0) is 13.8. The fraction of sp³-hybridized carbons (Fsp3) is 0.133. The van der Waals surface area contributed by atoms with E-state index in [-0.39, 0.29) is 5.91 Å². The molecular weight excluding hydrogens is 304 g/mol. The van der Waals surface area contributed by atoms with Gasteiger partial charge in [0.25, 0.3) is 5.91 Å². The molecule has 0 heterocycles. The lowest BCUT2D eigenvalue weighted by atomic mass is 10.1. The summed E-state index contributed by atoms with van der Waals surface area (Å²) >= 11 is 3.45. The normalized spacial score (nSPS) is 10.1. The maximum atomic E-state index is 12.1. The molecule has 0 saturated heterocycles. The number of carbonyl (C=O) groups excluding carboxylic acids is 1. The SMILES string of the molecule is CNc1cccc(C(=O)Nc2ccc(C)c(Br)c2)c1. The predicted molar refractivity (Wildman–Crippen MR) is 82.8 cm³/mol. The van der Waals surface area contributed by atoms with Crippen LogP contribution in [0.1, 0.15) is 15.9 Å². The first kappa shape index (κ1) is 13.6. The van der Waals surface area contributed by atoms with Crippen LogP contribution in [-0.2, 0) is 0 Å². The summed E-state index contributed by atoms with van der Waals surface area (Å²) in [6, 6.07) is 13.1. The van der Waals surface area contributed by atoms with Gasteiger partial charge in [0.15, 0.2) is 0 Å². The zero-order valence-corrected chi connectivity index (χ0v) is 12.4. The zero-order valence-electron chi connectivity index (χ0n) is 10.8. The molecule has 0 radical (unpaired) electrons. The van der Waals surface area contributed by atoms with E-state index in [4.69, 9.17) is 0 Å². The number of anilines is 2. The number of nitrogens with one attached hydrogen (secondary N) is 2. The minimum atomic E-state index is -0.118. The lowest BCUT2D eigenvalue weighted by molar-refractivity contribution is 0.102. The summed E-state index contributed by atoms with van der Waals surface area (Å²) in [6.07, 6.45) is 0. The topological polar surface area (TPSA) is 41.1 Å². The van der Waals surface area contributed by atoms with E-state index >= 15 is 0 Å². The summed E-state index contributed by atoms with van der Waals surface area (Å²) in [5.41, 5.74) is 3.45. The van der Waals surface area contributed by atoms with Crippen LogP contribution >= 0.6 is 15.9 Å². The van der Waals surface area contributed by atoms with Crippen molar-refractivity contribution in [1.29, 1.82) is 0 Å². The summed E-state index contributed by atoms with van der Waals surface area (Å²) in [5, 5.41) is 5.90. The minimum Gasteiger partial charge on any atom is -0.388 e. The van der Waals surface area contributed by atoms with Crippen molar-refractivity contribution in [3.63, 3.8) is 0 Å². The van der Waals surface area contributed by atoms with E-state index in [2.05, 4.69) is 26.6 Å². The van der Waals surface area contributed by atoms with Gasteiger partial charge in [-0.15, -0.1) is 0 Å². The number of carbonyl (C=O) groups is 1. The van der Waals surface area contributed by atoms with Crippen molar-refractivity contribution in [3.8, 4) is 0 Å². The first-order valence-electron chi connectivity index (χ1n) is 5.95. The number of halogens is 1. The van der Waals surface area contributed by atoms with Gasteiger partial charge in [-0.2, -0.15) is 0 Å². The summed E-state index contributed by atoms with van der Waals surface area (Å²) in [7, 11) is 1.83. The molecule has 0 bridgehead atoms. The number of amides is 1. The highest BCUT2D eigenvalue weighted by atomic mass is 79.9. The largest absolute Gasteiger partial charge is 0.388 e. The Labute approximate surface area is 121 Å². The van der Waals surface area contributed by atoms with Gasteiger partial charge in [0.1, 0.15) is 0 Å². The van der Waals surface area contributed by atoms with Crippen LogP contribution in [0.5, 0.6) is 0 Å². The van der Waals surface area contributed by atoms with Crippen LogP contribution in [0.3, 0.4) is 0 Å². The summed E-state index contributed by atoms with van der Waals surface area (Å²) in [6.45, 7) is 2.01. The van der Waals surface area contributed by atoms with Gasteiger partial charge in [0.05, 0.1) is 0 Å². The first-order chi connectivity index (χ1) is 9.10.